The molecule has 0 unspecified atom stereocenters. The highest BCUT2D eigenvalue weighted by Gasteiger charge is 2.20. The Kier molecular flexibility index (Phi) is 6.11. The maximum atomic E-state index is 10.2. The molecule has 0 aromatic rings. The maximum Gasteiger partial charge on any atom is 0.0679 e. The maximum absolute atomic E-state index is 10.2. The molecule has 2 heterocycles. The molecular formula is C16H32N2O. The van der Waals surface area contributed by atoms with Gasteiger partial charge in [-0.15, -0.1) is 0 Å². The van der Waals surface area contributed by atoms with Crippen molar-refractivity contribution in [2.24, 2.45) is 11.8 Å². The fourth-order valence-corrected chi connectivity index (χ4v) is 3.25. The molecule has 0 bridgehead atoms. The summed E-state index contributed by atoms with van der Waals surface area (Å²) in [6.45, 7) is 11.5. The summed E-state index contributed by atoms with van der Waals surface area (Å²) in [6.07, 6.45) is 6.08. The minimum absolute atomic E-state index is 0.132. The lowest BCUT2D eigenvalue weighted by Crippen LogP contribution is -2.40. The van der Waals surface area contributed by atoms with Crippen molar-refractivity contribution < 1.29 is 5.11 Å². The summed E-state index contributed by atoms with van der Waals surface area (Å²) in [4.78, 5) is 4.98. The van der Waals surface area contributed by atoms with E-state index in [1.54, 1.807) is 0 Å². The monoisotopic (exact) mass is 268 g/mol. The minimum atomic E-state index is -0.132. The van der Waals surface area contributed by atoms with E-state index in [1.165, 1.54) is 51.9 Å². The van der Waals surface area contributed by atoms with Crippen LogP contribution >= 0.6 is 0 Å². The zero-order chi connectivity index (χ0) is 13.7. The quantitative estimate of drug-likeness (QED) is 0.828. The van der Waals surface area contributed by atoms with E-state index in [0.717, 1.165) is 31.3 Å². The number of hydrogen-bond acceptors (Lipinski definition) is 3. The van der Waals surface area contributed by atoms with Gasteiger partial charge in [0.25, 0.3) is 0 Å². The summed E-state index contributed by atoms with van der Waals surface area (Å²) in [5.74, 6) is 1.78. The lowest BCUT2D eigenvalue weighted by molar-refractivity contribution is 0.0726. The van der Waals surface area contributed by atoms with E-state index < -0.39 is 0 Å². The first kappa shape index (κ1) is 15.3. The Balaban J connectivity index is 1.58. The van der Waals surface area contributed by atoms with E-state index in [0.29, 0.717) is 0 Å². The van der Waals surface area contributed by atoms with Gasteiger partial charge < -0.3 is 14.9 Å². The Morgan fingerprint density at radius 2 is 1.37 bits per heavy atom. The molecule has 2 aliphatic rings. The van der Waals surface area contributed by atoms with E-state index in [2.05, 4.69) is 23.6 Å². The first-order valence-electron chi connectivity index (χ1n) is 8.26. The zero-order valence-corrected chi connectivity index (χ0v) is 12.9. The normalized spacial score (nSPS) is 26.7. The number of rotatable bonds is 5. The van der Waals surface area contributed by atoms with Crippen LogP contribution in [0.5, 0.6) is 0 Å². The van der Waals surface area contributed by atoms with Gasteiger partial charge in [-0.3, -0.25) is 0 Å². The molecule has 0 aromatic heterocycles. The summed E-state index contributed by atoms with van der Waals surface area (Å²) < 4.78 is 0. The van der Waals surface area contributed by atoms with Gasteiger partial charge in [0.15, 0.2) is 0 Å². The van der Waals surface area contributed by atoms with Crippen LogP contribution in [0.15, 0.2) is 0 Å². The molecule has 2 aliphatic heterocycles. The highest BCUT2D eigenvalue weighted by Crippen LogP contribution is 2.18. The van der Waals surface area contributed by atoms with Crippen LogP contribution in [-0.2, 0) is 0 Å². The van der Waals surface area contributed by atoms with Crippen molar-refractivity contribution in [3.63, 3.8) is 0 Å². The van der Waals surface area contributed by atoms with E-state index in [1.807, 2.05) is 0 Å². The third-order valence-corrected chi connectivity index (χ3v) is 5.00. The highest BCUT2D eigenvalue weighted by atomic mass is 16.3. The molecule has 0 amide bonds. The van der Waals surface area contributed by atoms with Crippen molar-refractivity contribution in [3.8, 4) is 0 Å². The highest BCUT2D eigenvalue weighted by molar-refractivity contribution is 4.74. The number of aliphatic hydroxyl groups excluding tert-OH is 1. The van der Waals surface area contributed by atoms with Gasteiger partial charge >= 0.3 is 0 Å². The van der Waals surface area contributed by atoms with Crippen LogP contribution in [0.25, 0.3) is 0 Å². The molecule has 19 heavy (non-hydrogen) atoms. The molecule has 0 aliphatic carbocycles. The standard InChI is InChI=1S/C16H32N2O/c1-14-3-8-17(9-4-14)12-7-16(19)13-18-10-5-15(2)6-11-18/h14-16,19H,3-13H2,1-2H3/t16-/m1/s1. The Bertz CT molecular complexity index is 243. The fraction of sp³-hybridized carbons (Fsp3) is 1.00. The van der Waals surface area contributed by atoms with Crippen LogP contribution in [0.4, 0.5) is 0 Å². The average Bonchev–Trinajstić information content (AvgIpc) is 2.41. The van der Waals surface area contributed by atoms with Crippen LogP contribution in [0, 0.1) is 11.8 Å². The van der Waals surface area contributed by atoms with Crippen molar-refractivity contribution in [1.29, 1.82) is 0 Å². The van der Waals surface area contributed by atoms with Crippen LogP contribution in [0.2, 0.25) is 0 Å². The summed E-state index contributed by atoms with van der Waals surface area (Å²) >= 11 is 0. The summed E-state index contributed by atoms with van der Waals surface area (Å²) in [6, 6.07) is 0. The molecule has 0 spiro atoms. The zero-order valence-electron chi connectivity index (χ0n) is 12.9. The Morgan fingerprint density at radius 1 is 0.895 bits per heavy atom. The van der Waals surface area contributed by atoms with Gasteiger partial charge in [0, 0.05) is 13.1 Å². The van der Waals surface area contributed by atoms with Crippen molar-refractivity contribution in [2.75, 3.05) is 39.3 Å². The summed E-state index contributed by atoms with van der Waals surface area (Å²) in [5, 5.41) is 10.2. The largest absolute Gasteiger partial charge is 0.392 e. The van der Waals surface area contributed by atoms with Crippen molar-refractivity contribution in [2.45, 2.75) is 52.1 Å². The predicted octanol–water partition coefficient (Wildman–Crippen LogP) is 2.20. The van der Waals surface area contributed by atoms with Crippen LogP contribution < -0.4 is 0 Å². The Hall–Kier alpha value is -0.120. The molecule has 0 radical (unpaired) electrons. The van der Waals surface area contributed by atoms with E-state index in [4.69, 9.17) is 0 Å². The molecule has 2 rings (SSSR count). The van der Waals surface area contributed by atoms with E-state index in [9.17, 15) is 5.11 Å². The molecule has 0 aromatic carbocycles. The third kappa shape index (κ3) is 5.41. The topological polar surface area (TPSA) is 26.7 Å². The van der Waals surface area contributed by atoms with Crippen molar-refractivity contribution >= 4 is 0 Å². The third-order valence-electron chi connectivity index (χ3n) is 5.00. The lowest BCUT2D eigenvalue weighted by Gasteiger charge is -2.33. The number of hydrogen-bond donors (Lipinski definition) is 1. The van der Waals surface area contributed by atoms with Gasteiger partial charge in [0.1, 0.15) is 0 Å². The summed E-state index contributed by atoms with van der Waals surface area (Å²) in [5.41, 5.74) is 0. The molecular weight excluding hydrogens is 236 g/mol. The van der Waals surface area contributed by atoms with Gasteiger partial charge in [-0.1, -0.05) is 13.8 Å². The predicted molar refractivity (Wildman–Crippen MR) is 80.3 cm³/mol. The van der Waals surface area contributed by atoms with Crippen molar-refractivity contribution in [1.82, 2.24) is 9.80 Å². The Labute approximate surface area is 119 Å². The van der Waals surface area contributed by atoms with Gasteiger partial charge in [0.2, 0.25) is 0 Å². The van der Waals surface area contributed by atoms with Crippen LogP contribution in [0.1, 0.15) is 46.0 Å². The number of β-amino-alcohol motifs (C(OH)–C–C–N with tert-alkyl or cyclic N) is 1. The SMILES string of the molecule is CC1CCN(CC[C@@H](O)CN2CCC(C)CC2)CC1. The average molecular weight is 268 g/mol. The second-order valence-electron chi connectivity index (χ2n) is 6.95. The molecule has 2 fully saturated rings. The van der Waals surface area contributed by atoms with Crippen molar-refractivity contribution in [3.05, 3.63) is 0 Å². The first-order valence-corrected chi connectivity index (χ1v) is 8.26. The van der Waals surface area contributed by atoms with Gasteiger partial charge in [0.05, 0.1) is 6.10 Å². The molecule has 0 saturated carbocycles. The molecule has 1 atom stereocenters. The number of nitrogens with zero attached hydrogens (tertiary/aromatic N) is 2. The van der Waals surface area contributed by atoms with Crippen LogP contribution in [0.3, 0.4) is 0 Å². The molecule has 3 heteroatoms. The molecule has 112 valence electrons. The van der Waals surface area contributed by atoms with E-state index >= 15 is 0 Å². The van der Waals surface area contributed by atoms with Gasteiger partial charge in [-0.2, -0.15) is 0 Å². The second-order valence-corrected chi connectivity index (χ2v) is 6.95. The smallest absolute Gasteiger partial charge is 0.0679 e. The van der Waals surface area contributed by atoms with Gasteiger partial charge in [-0.05, 0) is 70.1 Å². The number of likely N-dealkylation sites (tertiary alicyclic amines) is 2. The fourth-order valence-electron chi connectivity index (χ4n) is 3.25. The molecule has 3 nitrogen and oxygen atoms in total. The number of piperidine rings is 2. The van der Waals surface area contributed by atoms with Gasteiger partial charge in [-0.25, -0.2) is 0 Å². The molecule has 1 N–H and O–H groups in total. The first-order chi connectivity index (χ1) is 9.13. The lowest BCUT2D eigenvalue weighted by atomic mass is 9.98. The molecule has 2 saturated heterocycles. The summed E-state index contributed by atoms with van der Waals surface area (Å²) in [7, 11) is 0. The Morgan fingerprint density at radius 3 is 1.89 bits per heavy atom. The minimum Gasteiger partial charge on any atom is -0.392 e. The second kappa shape index (κ2) is 7.61. The van der Waals surface area contributed by atoms with Crippen LogP contribution in [-0.4, -0.2) is 60.3 Å². The van der Waals surface area contributed by atoms with E-state index in [-0.39, 0.29) is 6.10 Å². The number of aliphatic hydroxyl groups is 1.